The maximum atomic E-state index is 14.7. The number of nitrogens with zero attached hydrogens (tertiary/aromatic N) is 1. The highest BCUT2D eigenvalue weighted by molar-refractivity contribution is 6.10. The van der Waals surface area contributed by atoms with Gasteiger partial charge < -0.3 is 30.1 Å². The molecule has 0 aromatic carbocycles. The van der Waals surface area contributed by atoms with Crippen molar-refractivity contribution in [2.45, 2.75) is 234 Å². The summed E-state index contributed by atoms with van der Waals surface area (Å²) in [5, 5.41) is 50.5. The van der Waals surface area contributed by atoms with Gasteiger partial charge in [0.15, 0.2) is 34.3 Å². The van der Waals surface area contributed by atoms with E-state index in [1.165, 1.54) is 139 Å². The summed E-state index contributed by atoms with van der Waals surface area (Å²) in [6.45, 7) is 21.7. The third-order valence-electron chi connectivity index (χ3n) is 11.8. The third-order valence-corrected chi connectivity index (χ3v) is 11.8. The fraction of sp³-hybridized carbons (Fsp3) is 0.915. The average Bonchev–Trinajstić information content (AvgIpc) is 3.10. The Morgan fingerprint density at radius 1 is 0.544 bits per heavy atom. The number of hydrogen-bond donors (Lipinski definition) is 4. The van der Waals surface area contributed by atoms with E-state index in [4.69, 9.17) is 4.74 Å². The number of aliphatic hydroxyl groups is 4. The number of Topliss-reactive ketones (excluding diaryl/α,β-unsaturated/α-hetero) is 4. The second-order valence-corrected chi connectivity index (χ2v) is 21.5. The molecule has 1 aliphatic rings. The zero-order valence-electron chi connectivity index (χ0n) is 38.9. The van der Waals surface area contributed by atoms with Crippen molar-refractivity contribution < 1.29 is 44.3 Å². The van der Waals surface area contributed by atoms with Gasteiger partial charge in [-0.25, -0.2) is 0 Å². The van der Waals surface area contributed by atoms with Gasteiger partial charge in [0.1, 0.15) is 12.2 Å². The molecule has 2 unspecified atom stereocenters. The number of ether oxygens (including phenoxy) is 1. The van der Waals surface area contributed by atoms with Crippen LogP contribution < -0.4 is 0 Å². The third kappa shape index (κ3) is 13.5. The van der Waals surface area contributed by atoms with Crippen LogP contribution in [0.1, 0.15) is 199 Å². The number of unbranched alkanes of at least 4 members (excludes halogenated alkanes) is 14. The summed E-state index contributed by atoms with van der Waals surface area (Å²) in [6.07, 6.45) is 13.0. The molecule has 0 spiro atoms. The molecule has 0 aromatic rings. The van der Waals surface area contributed by atoms with Gasteiger partial charge in [-0.1, -0.05) is 173 Å². The highest BCUT2D eigenvalue weighted by Crippen LogP contribution is 2.54. The van der Waals surface area contributed by atoms with E-state index in [1.807, 2.05) is 7.05 Å². The van der Waals surface area contributed by atoms with Crippen molar-refractivity contribution in [3.63, 3.8) is 0 Å². The van der Waals surface area contributed by atoms with Crippen LogP contribution in [0.25, 0.3) is 0 Å². The van der Waals surface area contributed by atoms with Crippen molar-refractivity contribution in [1.29, 1.82) is 0 Å². The first-order chi connectivity index (χ1) is 26.0. The first kappa shape index (κ1) is 53.5. The maximum Gasteiger partial charge on any atom is 0.200 e. The van der Waals surface area contributed by atoms with Crippen molar-refractivity contribution >= 4 is 23.1 Å². The summed E-state index contributed by atoms with van der Waals surface area (Å²) in [6, 6.07) is 0. The number of rotatable bonds is 25. The van der Waals surface area contributed by atoms with Gasteiger partial charge in [0.05, 0.1) is 6.10 Å². The summed E-state index contributed by atoms with van der Waals surface area (Å²) in [7, 11) is 2.04. The zero-order valence-corrected chi connectivity index (χ0v) is 38.9. The van der Waals surface area contributed by atoms with E-state index in [1.54, 1.807) is 20.8 Å². The van der Waals surface area contributed by atoms with E-state index in [0.29, 0.717) is 19.4 Å². The molecule has 334 valence electrons. The minimum Gasteiger partial charge on any atom is -0.382 e. The summed E-state index contributed by atoms with van der Waals surface area (Å²) in [5.74, 6) is -4.17. The standard InChI is InChI=1S/C47H87NO9/c1-15-16-17-18-19-20-21-22-23-24-25-26-27-29-32-48(14)33-30-28-31-34-45(54,38(51)42(5,6)7)47(56,40(53)44(11,12)13)46(55,39(52)43(8,9)10)37(57-34)35(49)36(50)41(2,3)4/h34-35,37,49,54-56H,15-33H2,1-14H3/t34?,35?,37-,45-,46+,47-/m1/s1. The van der Waals surface area contributed by atoms with E-state index < -0.39 is 79.9 Å². The first-order valence-electron chi connectivity index (χ1n) is 22.4. The highest BCUT2D eigenvalue weighted by atomic mass is 16.6. The molecule has 0 aliphatic carbocycles. The molecule has 1 saturated heterocycles. The minimum atomic E-state index is -3.52. The number of aliphatic hydroxyl groups excluding tert-OH is 1. The van der Waals surface area contributed by atoms with Gasteiger partial charge in [-0.3, -0.25) is 19.2 Å². The fourth-order valence-corrected chi connectivity index (χ4v) is 8.30. The number of ketones is 4. The Morgan fingerprint density at radius 2 is 0.895 bits per heavy atom. The Balaban J connectivity index is 3.26. The number of carbonyl (C=O) groups is 4. The summed E-state index contributed by atoms with van der Waals surface area (Å²) in [4.78, 5) is 59.7. The van der Waals surface area contributed by atoms with Crippen LogP contribution in [-0.4, -0.2) is 104 Å². The Labute approximate surface area is 347 Å². The molecular formula is C47H87NO9. The lowest BCUT2D eigenvalue weighted by atomic mass is 9.51. The van der Waals surface area contributed by atoms with Crippen LogP contribution in [0.5, 0.6) is 0 Å². The van der Waals surface area contributed by atoms with Gasteiger partial charge in [0, 0.05) is 21.7 Å². The van der Waals surface area contributed by atoms with Crippen LogP contribution in [-0.2, 0) is 23.9 Å². The highest BCUT2D eigenvalue weighted by Gasteiger charge is 2.82. The summed E-state index contributed by atoms with van der Waals surface area (Å²) < 4.78 is 6.31. The molecule has 0 radical (unpaired) electrons. The quantitative estimate of drug-likeness (QED) is 0.0660. The summed E-state index contributed by atoms with van der Waals surface area (Å²) >= 11 is 0. The number of hydrogen-bond acceptors (Lipinski definition) is 10. The molecule has 1 heterocycles. The Bertz CT molecular complexity index is 1290. The molecule has 0 amide bonds. The van der Waals surface area contributed by atoms with Crippen LogP contribution in [0.4, 0.5) is 0 Å². The van der Waals surface area contributed by atoms with E-state index in [-0.39, 0.29) is 6.42 Å². The zero-order chi connectivity index (χ0) is 44.3. The molecular weight excluding hydrogens is 723 g/mol. The molecule has 4 N–H and O–H groups in total. The maximum absolute atomic E-state index is 14.7. The molecule has 1 rings (SSSR count). The molecule has 1 aliphatic heterocycles. The van der Waals surface area contributed by atoms with Gasteiger partial charge in [0.2, 0.25) is 5.60 Å². The van der Waals surface area contributed by atoms with E-state index in [9.17, 15) is 39.6 Å². The molecule has 6 atom stereocenters. The van der Waals surface area contributed by atoms with Crippen molar-refractivity contribution in [2.24, 2.45) is 21.7 Å². The SMILES string of the molecule is CCCCCCCCCCCCCCCCN(C)CCCCC1O[C@H](C(O)C(=O)C(C)(C)C)[C@](O)(C(=O)C(C)(C)C)[C@@](O)(C(=O)C(C)(C)C)[C@]1(O)C(=O)C(C)(C)C. The van der Waals surface area contributed by atoms with E-state index in [0.717, 1.165) is 19.4 Å². The Kier molecular flexibility index (Phi) is 20.4. The van der Waals surface area contributed by atoms with Crippen LogP contribution in [0.2, 0.25) is 0 Å². The van der Waals surface area contributed by atoms with Gasteiger partial charge in [-0.15, -0.1) is 0 Å². The lowest BCUT2D eigenvalue weighted by Gasteiger charge is -2.62. The van der Waals surface area contributed by atoms with Crippen LogP contribution in [0.3, 0.4) is 0 Å². The van der Waals surface area contributed by atoms with Gasteiger partial charge in [-0.2, -0.15) is 0 Å². The lowest BCUT2D eigenvalue weighted by molar-refractivity contribution is -0.334. The monoisotopic (exact) mass is 810 g/mol. The lowest BCUT2D eigenvalue weighted by Crippen LogP contribution is -2.89. The molecule has 0 aromatic heterocycles. The molecule has 57 heavy (non-hydrogen) atoms. The minimum absolute atomic E-state index is 0.0720. The van der Waals surface area contributed by atoms with Crippen molar-refractivity contribution in [2.75, 3.05) is 20.1 Å². The van der Waals surface area contributed by atoms with Crippen molar-refractivity contribution in [3.05, 3.63) is 0 Å². The van der Waals surface area contributed by atoms with Gasteiger partial charge in [-0.05, 0) is 45.8 Å². The first-order valence-corrected chi connectivity index (χ1v) is 22.4. The van der Waals surface area contributed by atoms with Crippen LogP contribution in [0, 0.1) is 21.7 Å². The predicted molar refractivity (Wildman–Crippen MR) is 229 cm³/mol. The Morgan fingerprint density at radius 3 is 1.26 bits per heavy atom. The summed E-state index contributed by atoms with van der Waals surface area (Å²) in [5.41, 5.74) is -15.7. The van der Waals surface area contributed by atoms with Gasteiger partial charge in [0.25, 0.3) is 0 Å². The largest absolute Gasteiger partial charge is 0.382 e. The molecule has 0 bridgehead atoms. The molecule has 10 heteroatoms. The van der Waals surface area contributed by atoms with E-state index >= 15 is 0 Å². The van der Waals surface area contributed by atoms with Crippen LogP contribution in [0.15, 0.2) is 0 Å². The van der Waals surface area contributed by atoms with E-state index in [2.05, 4.69) is 11.8 Å². The normalized spacial score (nSPS) is 25.5. The average molecular weight is 810 g/mol. The van der Waals surface area contributed by atoms with Gasteiger partial charge >= 0.3 is 0 Å². The Hall–Kier alpha value is -1.56. The number of carbonyl (C=O) groups excluding carboxylic acids is 4. The molecule has 10 nitrogen and oxygen atoms in total. The predicted octanol–water partition coefficient (Wildman–Crippen LogP) is 8.35. The van der Waals surface area contributed by atoms with Crippen LogP contribution >= 0.6 is 0 Å². The fourth-order valence-electron chi connectivity index (χ4n) is 8.30. The molecule has 0 saturated carbocycles. The smallest absolute Gasteiger partial charge is 0.200 e. The topological polar surface area (TPSA) is 162 Å². The van der Waals surface area contributed by atoms with Crippen molar-refractivity contribution in [1.82, 2.24) is 4.90 Å². The second-order valence-electron chi connectivity index (χ2n) is 21.5. The van der Waals surface area contributed by atoms with Crippen molar-refractivity contribution in [3.8, 4) is 0 Å². The second kappa shape index (κ2) is 21.8. The molecule has 1 fully saturated rings.